The summed E-state index contributed by atoms with van der Waals surface area (Å²) in [4.78, 5) is 14.3. The van der Waals surface area contributed by atoms with E-state index >= 15 is 0 Å². The summed E-state index contributed by atoms with van der Waals surface area (Å²) in [5.41, 5.74) is 1.68. The van der Waals surface area contributed by atoms with Crippen LogP contribution in [0.4, 0.5) is 5.82 Å². The van der Waals surface area contributed by atoms with Crippen molar-refractivity contribution in [2.45, 2.75) is 30.4 Å². The number of rotatable bonds is 7. The molecular formula is C20H24N4O3S. The minimum Gasteiger partial charge on any atom is -0.380 e. The van der Waals surface area contributed by atoms with Crippen molar-refractivity contribution >= 4 is 26.7 Å². The fraction of sp³-hybridized carbons (Fsp3) is 0.400. The molecular weight excluding hydrogens is 376 g/mol. The van der Waals surface area contributed by atoms with Gasteiger partial charge in [-0.25, -0.2) is 18.4 Å². The Labute approximate surface area is 164 Å². The van der Waals surface area contributed by atoms with Gasteiger partial charge in [-0.2, -0.15) is 0 Å². The highest BCUT2D eigenvalue weighted by Crippen LogP contribution is 2.36. The lowest BCUT2D eigenvalue weighted by molar-refractivity contribution is 0.184. The summed E-state index contributed by atoms with van der Waals surface area (Å²) in [6.07, 6.45) is 5.08. The molecule has 28 heavy (non-hydrogen) atoms. The second-order valence-corrected chi connectivity index (χ2v) is 9.44. The van der Waals surface area contributed by atoms with Gasteiger partial charge in [-0.15, -0.1) is 0 Å². The molecule has 0 saturated heterocycles. The molecule has 1 saturated carbocycles. The molecule has 148 valence electrons. The highest BCUT2D eigenvalue weighted by Gasteiger charge is 2.36. The summed E-state index contributed by atoms with van der Waals surface area (Å²) >= 11 is 0. The number of sulfone groups is 1. The van der Waals surface area contributed by atoms with Crippen LogP contribution in [0, 0.1) is 5.92 Å². The molecule has 7 nitrogen and oxygen atoms in total. The van der Waals surface area contributed by atoms with Crippen LogP contribution in [0.3, 0.4) is 0 Å². The van der Waals surface area contributed by atoms with Crippen molar-refractivity contribution in [3.05, 3.63) is 48.4 Å². The van der Waals surface area contributed by atoms with Gasteiger partial charge in [0.05, 0.1) is 22.6 Å². The van der Waals surface area contributed by atoms with E-state index in [2.05, 4.69) is 19.9 Å². The Kier molecular flexibility index (Phi) is 5.07. The summed E-state index contributed by atoms with van der Waals surface area (Å²) in [5.74, 6) is 1.22. The molecule has 0 unspecified atom stereocenters. The molecule has 0 atom stereocenters. The molecule has 0 amide bonds. The van der Waals surface area contributed by atoms with Crippen LogP contribution in [0.5, 0.6) is 0 Å². The zero-order valence-electron chi connectivity index (χ0n) is 16.0. The van der Waals surface area contributed by atoms with Crippen LogP contribution in [-0.2, 0) is 21.2 Å². The lowest BCUT2D eigenvalue weighted by Crippen LogP contribution is -2.45. The van der Waals surface area contributed by atoms with Crippen LogP contribution in [0.2, 0.25) is 0 Å². The number of hydrogen-bond acceptors (Lipinski definition) is 6. The van der Waals surface area contributed by atoms with Crippen LogP contribution in [-0.4, -0.2) is 49.3 Å². The van der Waals surface area contributed by atoms with E-state index in [9.17, 15) is 8.42 Å². The molecule has 1 aliphatic carbocycles. The van der Waals surface area contributed by atoms with Crippen LogP contribution in [0.1, 0.15) is 18.4 Å². The maximum absolute atomic E-state index is 12.8. The first-order chi connectivity index (χ1) is 13.5. The van der Waals surface area contributed by atoms with Gasteiger partial charge in [0.2, 0.25) is 0 Å². The Hall–Kier alpha value is -2.45. The first-order valence-corrected chi connectivity index (χ1v) is 10.9. The van der Waals surface area contributed by atoms with Gasteiger partial charge >= 0.3 is 0 Å². The van der Waals surface area contributed by atoms with Gasteiger partial charge in [-0.3, -0.25) is 0 Å². The molecule has 4 rings (SSSR count). The Balaban J connectivity index is 1.41. The predicted molar refractivity (Wildman–Crippen MR) is 108 cm³/mol. The highest BCUT2D eigenvalue weighted by molar-refractivity contribution is 7.91. The average Bonchev–Trinajstić information content (AvgIpc) is 3.13. The van der Waals surface area contributed by atoms with E-state index in [1.807, 2.05) is 25.4 Å². The molecule has 0 bridgehead atoms. The van der Waals surface area contributed by atoms with E-state index in [-0.39, 0.29) is 17.7 Å². The van der Waals surface area contributed by atoms with Crippen molar-refractivity contribution in [2.75, 3.05) is 24.8 Å². The van der Waals surface area contributed by atoms with Crippen molar-refractivity contribution in [3.8, 4) is 0 Å². The summed E-state index contributed by atoms with van der Waals surface area (Å²) in [6.45, 7) is 0.409. The lowest BCUT2D eigenvalue weighted by Gasteiger charge is -2.41. The monoisotopic (exact) mass is 400 g/mol. The van der Waals surface area contributed by atoms with E-state index in [4.69, 9.17) is 4.74 Å². The molecule has 2 heterocycles. The summed E-state index contributed by atoms with van der Waals surface area (Å²) in [6, 6.07) is 9.28. The van der Waals surface area contributed by atoms with E-state index in [0.717, 1.165) is 35.3 Å². The molecule has 1 aliphatic rings. The third-order valence-electron chi connectivity index (χ3n) is 5.45. The molecule has 1 fully saturated rings. The van der Waals surface area contributed by atoms with Crippen molar-refractivity contribution in [2.24, 2.45) is 5.92 Å². The number of aromatic amines is 1. The lowest BCUT2D eigenvalue weighted by atomic mass is 9.81. The van der Waals surface area contributed by atoms with Gasteiger partial charge in [-0.05, 0) is 42.5 Å². The van der Waals surface area contributed by atoms with E-state index in [0.29, 0.717) is 11.5 Å². The standard InChI is InChI=1S/C20H24N4O3S/c1-24(20-18-6-7-21-19(18)22-13-23-20)16-8-15(9-16)12-28(25,26)17-5-3-4-14(10-17)11-27-2/h3-7,10,13,15-16H,8-9,11-12H2,1-2H3,(H,21,22,23)/t15-,16+. The molecule has 3 aromatic rings. The fourth-order valence-corrected chi connectivity index (χ4v) is 5.57. The van der Waals surface area contributed by atoms with Crippen molar-refractivity contribution in [1.82, 2.24) is 15.0 Å². The quantitative estimate of drug-likeness (QED) is 0.656. The molecule has 2 aromatic heterocycles. The van der Waals surface area contributed by atoms with Gasteiger partial charge in [0, 0.05) is 26.4 Å². The third kappa shape index (κ3) is 3.62. The Morgan fingerprint density at radius 1 is 1.25 bits per heavy atom. The average molecular weight is 401 g/mol. The second-order valence-electron chi connectivity index (χ2n) is 7.40. The van der Waals surface area contributed by atoms with Gasteiger partial charge in [0.25, 0.3) is 0 Å². The Bertz CT molecular complexity index is 1070. The van der Waals surface area contributed by atoms with Gasteiger partial charge in [-0.1, -0.05) is 12.1 Å². The zero-order valence-corrected chi connectivity index (χ0v) is 16.8. The summed E-state index contributed by atoms with van der Waals surface area (Å²) in [7, 11) is 0.309. The van der Waals surface area contributed by atoms with Gasteiger partial charge in [0.15, 0.2) is 9.84 Å². The smallest absolute Gasteiger partial charge is 0.178 e. The van der Waals surface area contributed by atoms with Crippen LogP contribution < -0.4 is 4.90 Å². The fourth-order valence-electron chi connectivity index (χ4n) is 3.87. The number of methoxy groups -OCH3 is 1. The van der Waals surface area contributed by atoms with Crippen molar-refractivity contribution in [1.29, 1.82) is 0 Å². The second kappa shape index (κ2) is 7.52. The molecule has 0 spiro atoms. The Morgan fingerprint density at radius 3 is 2.86 bits per heavy atom. The minimum atomic E-state index is -3.31. The van der Waals surface area contributed by atoms with Crippen LogP contribution in [0.25, 0.3) is 11.0 Å². The number of anilines is 1. The molecule has 0 aliphatic heterocycles. The molecule has 1 aromatic carbocycles. The number of ether oxygens (including phenoxy) is 1. The summed E-state index contributed by atoms with van der Waals surface area (Å²) in [5, 5.41) is 0.982. The zero-order chi connectivity index (χ0) is 19.7. The van der Waals surface area contributed by atoms with E-state index < -0.39 is 9.84 Å². The number of nitrogens with one attached hydrogen (secondary N) is 1. The number of nitrogens with zero attached hydrogens (tertiary/aromatic N) is 3. The number of aromatic nitrogens is 3. The van der Waals surface area contributed by atoms with Crippen LogP contribution in [0.15, 0.2) is 47.8 Å². The first kappa shape index (κ1) is 18.9. The normalized spacial score (nSPS) is 19.5. The van der Waals surface area contributed by atoms with Crippen molar-refractivity contribution < 1.29 is 13.2 Å². The van der Waals surface area contributed by atoms with Gasteiger partial charge in [0.1, 0.15) is 17.8 Å². The number of H-pyrrole nitrogens is 1. The minimum absolute atomic E-state index is 0.159. The predicted octanol–water partition coefficient (Wildman–Crippen LogP) is 2.79. The van der Waals surface area contributed by atoms with E-state index in [1.54, 1.807) is 31.6 Å². The van der Waals surface area contributed by atoms with Crippen molar-refractivity contribution in [3.63, 3.8) is 0 Å². The maximum Gasteiger partial charge on any atom is 0.178 e. The van der Waals surface area contributed by atoms with Gasteiger partial charge < -0.3 is 14.6 Å². The highest BCUT2D eigenvalue weighted by atomic mass is 32.2. The third-order valence-corrected chi connectivity index (χ3v) is 7.33. The molecule has 1 N–H and O–H groups in total. The topological polar surface area (TPSA) is 88.2 Å². The first-order valence-electron chi connectivity index (χ1n) is 9.29. The SMILES string of the molecule is COCc1cccc(S(=O)(=O)C[C@H]2C[C@@H](N(C)c3ncnc4[nH]ccc34)C2)c1. The number of fused-ring (bicyclic) bond motifs is 1. The summed E-state index contributed by atoms with van der Waals surface area (Å²) < 4.78 is 30.7. The maximum atomic E-state index is 12.8. The van der Waals surface area contributed by atoms with Crippen LogP contribution >= 0.6 is 0 Å². The Morgan fingerprint density at radius 2 is 2.07 bits per heavy atom. The molecule has 0 radical (unpaired) electrons. The number of benzene rings is 1. The van der Waals surface area contributed by atoms with E-state index in [1.165, 1.54) is 0 Å². The number of hydrogen-bond donors (Lipinski definition) is 1. The largest absolute Gasteiger partial charge is 0.380 e. The molecule has 8 heteroatoms.